The normalized spacial score (nSPS) is 16.1. The van der Waals surface area contributed by atoms with Crippen LogP contribution in [0.1, 0.15) is 44.0 Å². The Balaban J connectivity index is 2.35. The number of anilines is 1. The van der Waals surface area contributed by atoms with E-state index >= 15 is 0 Å². The van der Waals surface area contributed by atoms with Gasteiger partial charge in [-0.15, -0.1) is 0 Å². The topological polar surface area (TPSA) is 117 Å². The van der Waals surface area contributed by atoms with Crippen molar-refractivity contribution in [3.63, 3.8) is 0 Å². The molecule has 0 saturated heterocycles. The molecule has 30 heavy (non-hydrogen) atoms. The van der Waals surface area contributed by atoms with E-state index < -0.39 is 34.8 Å². The Kier molecular flexibility index (Phi) is 7.84. The van der Waals surface area contributed by atoms with E-state index in [0.29, 0.717) is 12.5 Å². The predicted molar refractivity (Wildman–Crippen MR) is 113 cm³/mol. The number of nitrogens with zero attached hydrogens (tertiary/aromatic N) is 2. The third kappa shape index (κ3) is 6.96. The number of likely N-dealkylation sites (N-methyl/N-ethyl adjacent to an activating group) is 1. The van der Waals surface area contributed by atoms with Crippen LogP contribution in [0.4, 0.5) is 5.69 Å². The van der Waals surface area contributed by atoms with E-state index in [-0.39, 0.29) is 23.5 Å². The molecule has 0 aliphatic heterocycles. The smallest absolute Gasteiger partial charge is 0.335 e. The maximum atomic E-state index is 12.7. The Morgan fingerprint density at radius 1 is 1.27 bits per heavy atom. The van der Waals surface area contributed by atoms with Crippen molar-refractivity contribution in [3.8, 4) is 5.75 Å². The summed E-state index contributed by atoms with van der Waals surface area (Å²) in [4.78, 5) is 25.6. The number of carbonyl (C=O) groups excluding carboxylic acids is 1. The lowest BCUT2D eigenvalue weighted by Crippen LogP contribution is -2.48. The first kappa shape index (κ1) is 24.1. The molecule has 2 atom stereocenters. The predicted octanol–water partition coefficient (Wildman–Crippen LogP) is 2.39. The molecule has 0 bridgehead atoms. The summed E-state index contributed by atoms with van der Waals surface area (Å²) in [6, 6.07) is 3.25. The number of ether oxygens (including phenoxy) is 2. The summed E-state index contributed by atoms with van der Waals surface area (Å²) in [5.74, 6) is -1.08. The minimum atomic E-state index is -2.49. The van der Waals surface area contributed by atoms with Crippen LogP contribution in [0.2, 0.25) is 0 Å². The Morgan fingerprint density at radius 3 is 2.37 bits per heavy atom. The third-order valence-electron chi connectivity index (χ3n) is 4.48. The van der Waals surface area contributed by atoms with Crippen LogP contribution in [0.25, 0.3) is 0 Å². The quantitative estimate of drug-likeness (QED) is 0.419. The zero-order chi connectivity index (χ0) is 22.6. The van der Waals surface area contributed by atoms with Crippen molar-refractivity contribution in [1.82, 2.24) is 4.90 Å². The minimum absolute atomic E-state index is 0.00419. The van der Waals surface area contributed by atoms with Crippen LogP contribution >= 0.6 is 0 Å². The fourth-order valence-corrected chi connectivity index (χ4v) is 3.27. The maximum Gasteiger partial charge on any atom is 0.335 e. The summed E-state index contributed by atoms with van der Waals surface area (Å²) in [5, 5.41) is 9.29. The summed E-state index contributed by atoms with van der Waals surface area (Å²) < 4.78 is 34.5. The summed E-state index contributed by atoms with van der Waals surface area (Å²) in [7, 11) is 3.34. The maximum absolute atomic E-state index is 12.7. The molecule has 168 valence electrons. The second kappa shape index (κ2) is 9.76. The van der Waals surface area contributed by atoms with Crippen molar-refractivity contribution in [2.75, 3.05) is 31.6 Å². The Hall–Kier alpha value is -2.17. The standard InChI is InChI=1S/C20H30N2O7S/c1-20(2,3)29-19(25)16(21(4)5)11-22(30(26)27)15-9-8-14(18(23)24)10-17(15)28-12-13-6-7-13/h8-10,13,16H,6-7,11-12H2,1-5H3,(H,23,24)(H,26,27). The number of carboxylic acids is 1. The molecule has 1 fully saturated rings. The number of aromatic carboxylic acids is 1. The lowest BCUT2D eigenvalue weighted by atomic mass is 10.1. The first-order valence-electron chi connectivity index (χ1n) is 9.67. The molecule has 9 nitrogen and oxygen atoms in total. The van der Waals surface area contributed by atoms with Gasteiger partial charge in [-0.3, -0.25) is 18.6 Å². The van der Waals surface area contributed by atoms with Gasteiger partial charge in [-0.05, 0) is 71.8 Å². The highest BCUT2D eigenvalue weighted by molar-refractivity contribution is 7.80. The van der Waals surface area contributed by atoms with Gasteiger partial charge in [0.05, 0.1) is 24.4 Å². The Labute approximate surface area is 179 Å². The van der Waals surface area contributed by atoms with Gasteiger partial charge in [0.15, 0.2) is 0 Å². The van der Waals surface area contributed by atoms with Gasteiger partial charge in [0, 0.05) is 0 Å². The fraction of sp³-hybridized carbons (Fsp3) is 0.600. The van der Waals surface area contributed by atoms with Gasteiger partial charge in [0.1, 0.15) is 17.4 Å². The summed E-state index contributed by atoms with van der Waals surface area (Å²) in [6.45, 7) is 5.47. The van der Waals surface area contributed by atoms with Crippen molar-refractivity contribution < 1.29 is 32.9 Å². The van der Waals surface area contributed by atoms with Crippen molar-refractivity contribution >= 4 is 28.9 Å². The first-order chi connectivity index (χ1) is 13.9. The highest BCUT2D eigenvalue weighted by atomic mass is 32.2. The molecule has 0 spiro atoms. The van der Waals surface area contributed by atoms with E-state index in [1.165, 1.54) is 18.2 Å². The number of hydrogen-bond donors (Lipinski definition) is 2. The van der Waals surface area contributed by atoms with Crippen LogP contribution in [0.3, 0.4) is 0 Å². The van der Waals surface area contributed by atoms with Gasteiger partial charge in [-0.2, -0.15) is 0 Å². The van der Waals surface area contributed by atoms with Crippen molar-refractivity contribution in [1.29, 1.82) is 0 Å². The Morgan fingerprint density at radius 2 is 1.90 bits per heavy atom. The number of benzene rings is 1. The lowest BCUT2D eigenvalue weighted by Gasteiger charge is -2.31. The second-order valence-corrected chi connectivity index (χ2v) is 9.45. The molecule has 2 rings (SSSR count). The van der Waals surface area contributed by atoms with Crippen LogP contribution in [0.15, 0.2) is 18.2 Å². The summed E-state index contributed by atoms with van der Waals surface area (Å²) >= 11 is -2.49. The van der Waals surface area contributed by atoms with Crippen LogP contribution in [-0.2, 0) is 20.8 Å². The van der Waals surface area contributed by atoms with Gasteiger partial charge in [0.2, 0.25) is 0 Å². The number of rotatable bonds is 10. The molecule has 0 radical (unpaired) electrons. The van der Waals surface area contributed by atoms with E-state index in [9.17, 15) is 23.5 Å². The van der Waals surface area contributed by atoms with Crippen LogP contribution in [-0.4, -0.2) is 69.6 Å². The number of carboxylic acid groups (broad SMARTS) is 1. The zero-order valence-electron chi connectivity index (χ0n) is 18.0. The second-order valence-electron chi connectivity index (χ2n) is 8.55. The molecule has 1 aromatic rings. The molecule has 1 aromatic carbocycles. The van der Waals surface area contributed by atoms with Crippen LogP contribution in [0.5, 0.6) is 5.75 Å². The SMILES string of the molecule is CN(C)C(CN(c1ccc(C(=O)O)cc1OCC1CC1)S(=O)O)C(=O)OC(C)(C)C. The monoisotopic (exact) mass is 442 g/mol. The number of hydrogen-bond acceptors (Lipinski definition) is 6. The van der Waals surface area contributed by atoms with E-state index in [0.717, 1.165) is 17.1 Å². The average Bonchev–Trinajstić information content (AvgIpc) is 3.42. The van der Waals surface area contributed by atoms with Gasteiger partial charge < -0.3 is 14.6 Å². The molecular formula is C20H30N2O7S. The summed E-state index contributed by atoms with van der Waals surface area (Å²) in [6.07, 6.45) is 2.07. The van der Waals surface area contributed by atoms with Crippen LogP contribution in [0, 0.1) is 5.92 Å². The molecular weight excluding hydrogens is 412 g/mol. The van der Waals surface area contributed by atoms with Gasteiger partial charge in [-0.25, -0.2) is 9.00 Å². The first-order valence-corrected chi connectivity index (χ1v) is 10.7. The third-order valence-corrected chi connectivity index (χ3v) is 5.20. The highest BCUT2D eigenvalue weighted by Crippen LogP contribution is 2.35. The average molecular weight is 443 g/mol. The molecule has 10 heteroatoms. The van der Waals surface area contributed by atoms with Gasteiger partial charge in [-0.1, -0.05) is 0 Å². The molecule has 1 aliphatic carbocycles. The Bertz CT molecular complexity index is 803. The van der Waals surface area contributed by atoms with E-state index in [1.807, 2.05) is 0 Å². The van der Waals surface area contributed by atoms with Crippen molar-refractivity contribution in [2.24, 2.45) is 5.92 Å². The number of carbonyl (C=O) groups is 2. The zero-order valence-corrected chi connectivity index (χ0v) is 18.8. The van der Waals surface area contributed by atoms with E-state index in [2.05, 4.69) is 0 Å². The minimum Gasteiger partial charge on any atom is -0.491 e. The van der Waals surface area contributed by atoms with Crippen LogP contribution < -0.4 is 9.04 Å². The molecule has 2 N–H and O–H groups in total. The molecule has 0 amide bonds. The number of esters is 1. The van der Waals surface area contributed by atoms with Crippen molar-refractivity contribution in [2.45, 2.75) is 45.3 Å². The highest BCUT2D eigenvalue weighted by Gasteiger charge is 2.32. The molecule has 1 aliphatic rings. The largest absolute Gasteiger partial charge is 0.491 e. The lowest BCUT2D eigenvalue weighted by molar-refractivity contribution is -0.160. The van der Waals surface area contributed by atoms with Crippen molar-refractivity contribution in [3.05, 3.63) is 23.8 Å². The fourth-order valence-electron chi connectivity index (χ4n) is 2.68. The molecule has 0 heterocycles. The van der Waals surface area contributed by atoms with E-state index in [1.54, 1.807) is 39.8 Å². The van der Waals surface area contributed by atoms with Gasteiger partial charge in [0.25, 0.3) is 11.3 Å². The molecule has 0 aromatic heterocycles. The van der Waals surface area contributed by atoms with E-state index in [4.69, 9.17) is 9.47 Å². The summed E-state index contributed by atoms with van der Waals surface area (Å²) in [5.41, 5.74) is -0.475. The molecule has 1 saturated carbocycles. The van der Waals surface area contributed by atoms with Gasteiger partial charge >= 0.3 is 11.9 Å². The molecule has 2 unspecified atom stereocenters.